The van der Waals surface area contributed by atoms with Gasteiger partial charge in [-0.3, -0.25) is 9.36 Å². The summed E-state index contributed by atoms with van der Waals surface area (Å²) in [6, 6.07) is 14.5. The highest BCUT2D eigenvalue weighted by molar-refractivity contribution is 7.11. The van der Waals surface area contributed by atoms with E-state index in [2.05, 4.69) is 20.8 Å². The summed E-state index contributed by atoms with van der Waals surface area (Å²) in [6.45, 7) is 3.74. The summed E-state index contributed by atoms with van der Waals surface area (Å²) in [5.41, 5.74) is 5.38. The lowest BCUT2D eigenvalue weighted by Crippen LogP contribution is -2.27. The lowest BCUT2D eigenvalue weighted by molar-refractivity contribution is -0.121. The third-order valence-electron chi connectivity index (χ3n) is 4.58. The lowest BCUT2D eigenvalue weighted by atomic mass is 10.3. The van der Waals surface area contributed by atoms with Gasteiger partial charge in [-0.05, 0) is 50.2 Å². The zero-order chi connectivity index (χ0) is 22.7. The van der Waals surface area contributed by atoms with Crippen molar-refractivity contribution in [1.29, 1.82) is 0 Å². The van der Waals surface area contributed by atoms with Crippen LogP contribution in [0.15, 0.2) is 53.6 Å². The van der Waals surface area contributed by atoms with Gasteiger partial charge in [-0.1, -0.05) is 40.3 Å². The van der Waals surface area contributed by atoms with Crippen LogP contribution in [0.4, 0.5) is 0 Å². The Balaban J connectivity index is 1.66. The summed E-state index contributed by atoms with van der Waals surface area (Å²) in [4.78, 5) is 25.7. The smallest absolute Gasteiger partial charge is 0.350 e. The fraction of sp³-hybridized carbons (Fsp3) is 0.190. The van der Waals surface area contributed by atoms with Crippen molar-refractivity contribution in [3.05, 3.63) is 68.9 Å². The molecule has 0 bridgehead atoms. The number of carbonyl (C=O) groups excluding carboxylic acids is 2. The highest BCUT2D eigenvalue weighted by Crippen LogP contribution is 2.19. The first-order valence-electron chi connectivity index (χ1n) is 9.74. The molecule has 1 amide bonds. The zero-order valence-electron chi connectivity index (χ0n) is 17.3. The third-order valence-corrected chi connectivity index (χ3v) is 5.96. The Kier molecular flexibility index (Phi) is 6.33. The number of halogens is 1. The number of fused-ring (bicyclic) bond motifs is 1. The Morgan fingerprint density at radius 1 is 1.19 bits per heavy atom. The number of thiazole rings is 1. The molecular weight excluding hydrogens is 452 g/mol. The van der Waals surface area contributed by atoms with E-state index >= 15 is 0 Å². The Labute approximate surface area is 191 Å². The Morgan fingerprint density at radius 2 is 1.94 bits per heavy atom. The van der Waals surface area contributed by atoms with E-state index in [-0.39, 0.29) is 19.1 Å². The molecule has 0 spiro atoms. The molecule has 2 heterocycles. The summed E-state index contributed by atoms with van der Waals surface area (Å²) in [6.07, 6.45) is 0. The van der Waals surface area contributed by atoms with E-state index in [0.29, 0.717) is 25.9 Å². The van der Waals surface area contributed by atoms with Crippen LogP contribution in [0.3, 0.4) is 0 Å². The monoisotopic (exact) mass is 470 g/mol. The SMILES string of the molecule is CCOC(=O)c1s/c(=N\NC(=O)Cn2nnc3ccccc32)n(-c2ccc(Cl)cc2)c1C. The number of nitrogens with one attached hydrogen (secondary N) is 1. The molecule has 4 rings (SSSR count). The molecule has 0 saturated heterocycles. The van der Waals surface area contributed by atoms with Gasteiger partial charge in [-0.25, -0.2) is 14.9 Å². The average Bonchev–Trinajstić information content (AvgIpc) is 3.34. The lowest BCUT2D eigenvalue weighted by Gasteiger charge is -2.07. The van der Waals surface area contributed by atoms with Gasteiger partial charge in [-0.2, -0.15) is 0 Å². The van der Waals surface area contributed by atoms with Crippen molar-refractivity contribution in [3.8, 4) is 5.69 Å². The van der Waals surface area contributed by atoms with Crippen LogP contribution in [0.1, 0.15) is 22.3 Å². The molecule has 0 saturated carbocycles. The number of aromatic nitrogens is 4. The highest BCUT2D eigenvalue weighted by atomic mass is 35.5. The van der Waals surface area contributed by atoms with Crippen molar-refractivity contribution in [1.82, 2.24) is 25.0 Å². The molecule has 2 aromatic heterocycles. The van der Waals surface area contributed by atoms with Crippen LogP contribution in [0.2, 0.25) is 5.02 Å². The highest BCUT2D eigenvalue weighted by Gasteiger charge is 2.19. The zero-order valence-corrected chi connectivity index (χ0v) is 18.9. The minimum atomic E-state index is -0.445. The predicted octanol–water partition coefficient (Wildman–Crippen LogP) is 3.05. The van der Waals surface area contributed by atoms with Crippen LogP contribution in [0.25, 0.3) is 16.7 Å². The summed E-state index contributed by atoms with van der Waals surface area (Å²) in [5.74, 6) is -0.827. The maximum atomic E-state index is 12.5. The second-order valence-electron chi connectivity index (χ2n) is 6.71. The van der Waals surface area contributed by atoms with Crippen LogP contribution in [-0.2, 0) is 16.1 Å². The molecule has 0 unspecified atom stereocenters. The largest absolute Gasteiger partial charge is 0.462 e. The fourth-order valence-corrected chi connectivity index (χ4v) is 4.24. The third kappa shape index (κ3) is 4.41. The number of hydrogen-bond acceptors (Lipinski definition) is 7. The predicted molar refractivity (Wildman–Crippen MR) is 121 cm³/mol. The quantitative estimate of drug-likeness (QED) is 0.344. The number of para-hydroxylation sites is 1. The van der Waals surface area contributed by atoms with E-state index in [1.165, 1.54) is 4.68 Å². The second kappa shape index (κ2) is 9.33. The van der Waals surface area contributed by atoms with Gasteiger partial charge in [0.25, 0.3) is 5.91 Å². The van der Waals surface area contributed by atoms with Crippen LogP contribution in [-0.4, -0.2) is 38.0 Å². The van der Waals surface area contributed by atoms with Gasteiger partial charge >= 0.3 is 5.97 Å². The molecule has 2 aromatic carbocycles. The van der Waals surface area contributed by atoms with Crippen LogP contribution in [0, 0.1) is 6.92 Å². The molecular formula is C21H19ClN6O3S. The van der Waals surface area contributed by atoms with Gasteiger partial charge in [0, 0.05) is 16.4 Å². The number of ether oxygens (including phenoxy) is 1. The van der Waals surface area contributed by atoms with E-state index in [0.717, 1.165) is 22.5 Å². The first-order valence-corrected chi connectivity index (χ1v) is 10.9. The van der Waals surface area contributed by atoms with Crippen LogP contribution < -0.4 is 10.2 Å². The van der Waals surface area contributed by atoms with Crippen LogP contribution >= 0.6 is 22.9 Å². The Morgan fingerprint density at radius 3 is 2.69 bits per heavy atom. The standard InChI is InChI=1S/C21H19ClN6O3S/c1-3-31-20(30)19-13(2)28(15-10-8-14(22)9-11-15)21(32-19)25-24-18(29)12-27-17-7-5-4-6-16(17)23-26-27/h4-11H,3,12H2,1-2H3,(H,24,29)/b25-21-. The number of rotatable bonds is 6. The van der Waals surface area contributed by atoms with Gasteiger partial charge in [-0.15, -0.1) is 10.2 Å². The number of nitrogens with zero attached hydrogens (tertiary/aromatic N) is 5. The molecule has 0 aliphatic rings. The molecule has 0 aliphatic carbocycles. The minimum Gasteiger partial charge on any atom is -0.462 e. The number of benzene rings is 2. The maximum Gasteiger partial charge on any atom is 0.350 e. The summed E-state index contributed by atoms with van der Waals surface area (Å²) < 4.78 is 8.42. The molecule has 4 aromatic rings. The van der Waals surface area contributed by atoms with Crippen molar-refractivity contribution in [2.45, 2.75) is 20.4 Å². The van der Waals surface area contributed by atoms with Gasteiger partial charge in [0.15, 0.2) is 0 Å². The second-order valence-corrected chi connectivity index (χ2v) is 8.13. The number of esters is 1. The van der Waals surface area contributed by atoms with E-state index in [1.54, 1.807) is 42.7 Å². The van der Waals surface area contributed by atoms with Gasteiger partial charge < -0.3 is 4.74 Å². The Hall–Kier alpha value is -3.50. The van der Waals surface area contributed by atoms with Crippen molar-refractivity contribution in [2.75, 3.05) is 6.61 Å². The number of carbonyl (C=O) groups is 2. The van der Waals surface area contributed by atoms with Crippen molar-refractivity contribution < 1.29 is 14.3 Å². The van der Waals surface area contributed by atoms with Gasteiger partial charge in [0.05, 0.1) is 12.1 Å². The first kappa shape index (κ1) is 21.7. The van der Waals surface area contributed by atoms with E-state index in [9.17, 15) is 9.59 Å². The van der Waals surface area contributed by atoms with Gasteiger partial charge in [0.2, 0.25) is 4.80 Å². The Bertz CT molecular complexity index is 1360. The van der Waals surface area contributed by atoms with Crippen LogP contribution in [0.5, 0.6) is 0 Å². The number of hydrogen-bond donors (Lipinski definition) is 1. The van der Waals surface area contributed by atoms with Crippen molar-refractivity contribution >= 4 is 45.8 Å². The maximum absolute atomic E-state index is 12.5. The molecule has 1 N–H and O–H groups in total. The summed E-state index contributed by atoms with van der Waals surface area (Å²) in [5, 5.41) is 12.9. The topological polar surface area (TPSA) is 103 Å². The minimum absolute atomic E-state index is 0.0555. The molecule has 9 nitrogen and oxygen atoms in total. The van der Waals surface area contributed by atoms with Gasteiger partial charge in [0.1, 0.15) is 16.9 Å². The van der Waals surface area contributed by atoms with E-state index in [4.69, 9.17) is 16.3 Å². The van der Waals surface area contributed by atoms with E-state index < -0.39 is 5.97 Å². The molecule has 32 heavy (non-hydrogen) atoms. The molecule has 0 atom stereocenters. The van der Waals surface area contributed by atoms with E-state index in [1.807, 2.05) is 24.3 Å². The molecule has 164 valence electrons. The normalized spacial score (nSPS) is 11.7. The molecule has 11 heteroatoms. The molecule has 0 aliphatic heterocycles. The average molecular weight is 471 g/mol. The fourth-order valence-electron chi connectivity index (χ4n) is 3.12. The van der Waals surface area contributed by atoms with Crippen molar-refractivity contribution in [2.24, 2.45) is 5.10 Å². The molecule has 0 fully saturated rings. The summed E-state index contributed by atoms with van der Waals surface area (Å²) >= 11 is 7.14. The first-order chi connectivity index (χ1) is 15.5. The number of amides is 1. The molecule has 0 radical (unpaired) electrons. The van der Waals surface area contributed by atoms with Crippen molar-refractivity contribution in [3.63, 3.8) is 0 Å². The summed E-state index contributed by atoms with van der Waals surface area (Å²) in [7, 11) is 0.